The van der Waals surface area contributed by atoms with Gasteiger partial charge in [0.1, 0.15) is 11.6 Å². The lowest BCUT2D eigenvalue weighted by Gasteiger charge is -2.03. The van der Waals surface area contributed by atoms with E-state index in [4.69, 9.17) is 5.73 Å². The van der Waals surface area contributed by atoms with E-state index in [0.29, 0.717) is 11.1 Å². The molecule has 2 N–H and O–H groups in total. The van der Waals surface area contributed by atoms with Crippen molar-refractivity contribution in [3.05, 3.63) is 35.5 Å². The lowest BCUT2D eigenvalue weighted by atomic mass is 10.1. The molecule has 1 aromatic heterocycles. The van der Waals surface area contributed by atoms with Gasteiger partial charge in [0.15, 0.2) is 0 Å². The van der Waals surface area contributed by atoms with Crippen molar-refractivity contribution in [1.82, 2.24) is 5.16 Å². The number of anilines is 1. The van der Waals surface area contributed by atoms with E-state index in [1.165, 1.54) is 12.3 Å². The van der Waals surface area contributed by atoms with Crippen molar-refractivity contribution in [2.45, 2.75) is 6.92 Å². The molecule has 0 bridgehead atoms. The van der Waals surface area contributed by atoms with E-state index in [1.807, 2.05) is 0 Å². The lowest BCUT2D eigenvalue weighted by Crippen LogP contribution is -1.92. The van der Waals surface area contributed by atoms with Crippen molar-refractivity contribution in [1.29, 1.82) is 0 Å². The Morgan fingerprint density at radius 1 is 1.20 bits per heavy atom. The van der Waals surface area contributed by atoms with Gasteiger partial charge in [-0.2, -0.15) is 0 Å². The molecule has 0 unspecified atom stereocenters. The van der Waals surface area contributed by atoms with E-state index in [1.54, 1.807) is 6.92 Å². The Labute approximate surface area is 84.5 Å². The highest BCUT2D eigenvalue weighted by molar-refractivity contribution is 5.72. The van der Waals surface area contributed by atoms with Gasteiger partial charge < -0.3 is 10.3 Å². The van der Waals surface area contributed by atoms with Gasteiger partial charge in [-0.05, 0) is 18.6 Å². The zero-order valence-corrected chi connectivity index (χ0v) is 7.92. The van der Waals surface area contributed by atoms with Crippen LogP contribution >= 0.6 is 0 Å². The lowest BCUT2D eigenvalue weighted by molar-refractivity contribution is 0.436. The van der Waals surface area contributed by atoms with Crippen LogP contribution in [0.4, 0.5) is 14.7 Å². The molecule has 78 valence electrons. The smallest absolute Gasteiger partial charge is 0.230 e. The molecule has 0 amide bonds. The van der Waals surface area contributed by atoms with Crippen LogP contribution in [0.1, 0.15) is 5.56 Å². The largest absolute Gasteiger partial charge is 0.367 e. The SMILES string of the molecule is Cc1cc(-c2cnoc2N)c(F)cc1F. The van der Waals surface area contributed by atoms with Crippen molar-refractivity contribution < 1.29 is 13.3 Å². The molecule has 3 nitrogen and oxygen atoms in total. The van der Waals surface area contributed by atoms with Crippen molar-refractivity contribution in [2.75, 3.05) is 5.73 Å². The Morgan fingerprint density at radius 3 is 2.53 bits per heavy atom. The van der Waals surface area contributed by atoms with Crippen molar-refractivity contribution in [3.63, 3.8) is 0 Å². The Balaban J connectivity index is 2.64. The van der Waals surface area contributed by atoms with Gasteiger partial charge in [-0.25, -0.2) is 8.78 Å². The number of rotatable bonds is 1. The maximum atomic E-state index is 13.4. The molecule has 0 radical (unpaired) electrons. The number of halogens is 2. The summed E-state index contributed by atoms with van der Waals surface area (Å²) in [6.07, 6.45) is 1.30. The standard InChI is InChI=1S/C10H8F2N2O/c1-5-2-6(9(12)3-8(5)11)7-4-14-15-10(7)13/h2-4H,13H2,1H3. The molecule has 0 aliphatic heterocycles. The summed E-state index contributed by atoms with van der Waals surface area (Å²) in [5.41, 5.74) is 6.30. The molecule has 0 spiro atoms. The molecular formula is C10H8F2N2O. The van der Waals surface area contributed by atoms with Gasteiger partial charge in [0.2, 0.25) is 5.88 Å². The molecule has 0 saturated heterocycles. The predicted octanol–water partition coefficient (Wildman–Crippen LogP) is 2.51. The second-order valence-electron chi connectivity index (χ2n) is 3.18. The van der Waals surface area contributed by atoms with Crippen LogP contribution in [0.3, 0.4) is 0 Å². The average Bonchev–Trinajstić information content (AvgIpc) is 2.58. The summed E-state index contributed by atoms with van der Waals surface area (Å²) < 4.78 is 31.0. The number of nitrogen functional groups attached to an aromatic ring is 1. The van der Waals surface area contributed by atoms with E-state index in [2.05, 4.69) is 9.68 Å². The third-order valence-corrected chi connectivity index (χ3v) is 2.14. The molecular weight excluding hydrogens is 202 g/mol. The number of nitrogens with zero attached hydrogens (tertiary/aromatic N) is 1. The Morgan fingerprint density at radius 2 is 1.93 bits per heavy atom. The molecule has 2 aromatic rings. The fourth-order valence-electron chi connectivity index (χ4n) is 1.31. The first-order chi connectivity index (χ1) is 7.09. The number of hydrogen-bond donors (Lipinski definition) is 1. The minimum atomic E-state index is -0.687. The molecule has 5 heteroatoms. The Kier molecular flexibility index (Phi) is 2.15. The van der Waals surface area contributed by atoms with E-state index in [-0.39, 0.29) is 11.4 Å². The molecule has 0 aliphatic carbocycles. The minimum Gasteiger partial charge on any atom is -0.367 e. The minimum absolute atomic E-state index is 0.0138. The van der Waals surface area contributed by atoms with Crippen LogP contribution in [0.25, 0.3) is 11.1 Å². The fraction of sp³-hybridized carbons (Fsp3) is 0.100. The second-order valence-corrected chi connectivity index (χ2v) is 3.18. The zero-order valence-electron chi connectivity index (χ0n) is 7.92. The maximum absolute atomic E-state index is 13.4. The van der Waals surface area contributed by atoms with E-state index < -0.39 is 11.6 Å². The van der Waals surface area contributed by atoms with Crippen molar-refractivity contribution >= 4 is 5.88 Å². The normalized spacial score (nSPS) is 10.6. The molecule has 2 rings (SSSR count). The van der Waals surface area contributed by atoms with Gasteiger partial charge in [-0.15, -0.1) is 0 Å². The number of hydrogen-bond acceptors (Lipinski definition) is 3. The zero-order chi connectivity index (χ0) is 11.0. The maximum Gasteiger partial charge on any atom is 0.230 e. The summed E-state index contributed by atoms with van der Waals surface area (Å²) in [4.78, 5) is 0. The summed E-state index contributed by atoms with van der Waals surface area (Å²) in [5, 5.41) is 3.43. The molecule has 1 aromatic carbocycles. The fourth-order valence-corrected chi connectivity index (χ4v) is 1.31. The van der Waals surface area contributed by atoms with Gasteiger partial charge in [-0.1, -0.05) is 5.16 Å². The highest BCUT2D eigenvalue weighted by Crippen LogP contribution is 2.29. The predicted molar refractivity (Wildman–Crippen MR) is 51.0 cm³/mol. The number of aryl methyl sites for hydroxylation is 1. The van der Waals surface area contributed by atoms with Gasteiger partial charge >= 0.3 is 0 Å². The topological polar surface area (TPSA) is 52.0 Å². The van der Waals surface area contributed by atoms with Crippen LogP contribution in [-0.4, -0.2) is 5.16 Å². The van der Waals surface area contributed by atoms with Crippen LogP contribution < -0.4 is 5.73 Å². The van der Waals surface area contributed by atoms with Crippen molar-refractivity contribution in [3.8, 4) is 11.1 Å². The first kappa shape index (κ1) is 9.64. The number of benzene rings is 1. The summed E-state index contributed by atoms with van der Waals surface area (Å²) in [6, 6.07) is 2.19. The average molecular weight is 210 g/mol. The highest BCUT2D eigenvalue weighted by atomic mass is 19.1. The molecule has 0 fully saturated rings. The van der Waals surface area contributed by atoms with Gasteiger partial charge in [0, 0.05) is 11.6 Å². The third-order valence-electron chi connectivity index (χ3n) is 2.14. The van der Waals surface area contributed by atoms with Gasteiger partial charge in [0.05, 0.1) is 11.8 Å². The second kappa shape index (κ2) is 3.34. The molecule has 15 heavy (non-hydrogen) atoms. The first-order valence-corrected chi connectivity index (χ1v) is 4.25. The third kappa shape index (κ3) is 1.56. The van der Waals surface area contributed by atoms with Crippen LogP contribution in [0.15, 0.2) is 22.9 Å². The van der Waals surface area contributed by atoms with E-state index in [0.717, 1.165) is 6.07 Å². The molecule has 0 aliphatic rings. The summed E-state index contributed by atoms with van der Waals surface area (Å²) in [7, 11) is 0. The number of nitrogens with two attached hydrogens (primary N) is 1. The first-order valence-electron chi connectivity index (χ1n) is 4.25. The summed E-state index contributed by atoms with van der Waals surface area (Å²) >= 11 is 0. The van der Waals surface area contributed by atoms with Crippen LogP contribution in [0.2, 0.25) is 0 Å². The van der Waals surface area contributed by atoms with E-state index in [9.17, 15) is 8.78 Å². The number of aromatic nitrogens is 1. The van der Waals surface area contributed by atoms with Crippen LogP contribution in [0.5, 0.6) is 0 Å². The molecule has 0 saturated carbocycles. The monoisotopic (exact) mass is 210 g/mol. The molecule has 1 heterocycles. The van der Waals surface area contributed by atoms with E-state index >= 15 is 0 Å². The van der Waals surface area contributed by atoms with Crippen LogP contribution in [0, 0.1) is 18.6 Å². The summed E-state index contributed by atoms with van der Waals surface area (Å²) in [6.45, 7) is 1.54. The summed E-state index contributed by atoms with van der Waals surface area (Å²) in [5.74, 6) is -1.26. The van der Waals surface area contributed by atoms with Gasteiger partial charge in [-0.3, -0.25) is 0 Å². The van der Waals surface area contributed by atoms with Crippen molar-refractivity contribution in [2.24, 2.45) is 0 Å². The Hall–Kier alpha value is -1.91. The quantitative estimate of drug-likeness (QED) is 0.786. The van der Waals surface area contributed by atoms with Gasteiger partial charge in [0.25, 0.3) is 0 Å². The highest BCUT2D eigenvalue weighted by Gasteiger charge is 2.14. The molecule has 0 atom stereocenters. The van der Waals surface area contributed by atoms with Crippen LogP contribution in [-0.2, 0) is 0 Å². The Bertz CT molecular complexity index is 508.